The van der Waals surface area contributed by atoms with Crippen LogP contribution >= 0.6 is 11.3 Å². The van der Waals surface area contributed by atoms with Crippen molar-refractivity contribution in [3.63, 3.8) is 0 Å². The van der Waals surface area contributed by atoms with Gasteiger partial charge in [-0.25, -0.2) is 9.78 Å². The molecule has 0 aliphatic carbocycles. The maximum absolute atomic E-state index is 13.3. The average Bonchev–Trinajstić information content (AvgIpc) is 3.10. The second-order valence-corrected chi connectivity index (χ2v) is 8.74. The number of ether oxygens (including phenoxy) is 3. The van der Waals surface area contributed by atoms with Gasteiger partial charge < -0.3 is 14.2 Å². The van der Waals surface area contributed by atoms with E-state index < -0.39 is 18.1 Å². The molecular weight excluding hydrogens is 416 g/mol. The fraction of sp³-hybridized carbons (Fsp3) is 0.522. The second kappa shape index (κ2) is 10.2. The number of nitrogens with zero attached hydrogens (tertiary/aromatic N) is 2. The number of aryl methyl sites for hydroxylation is 2. The van der Waals surface area contributed by atoms with Gasteiger partial charge in [-0.1, -0.05) is 13.8 Å². The molecule has 0 bridgehead atoms. The van der Waals surface area contributed by atoms with Crippen LogP contribution in [-0.4, -0.2) is 48.8 Å². The summed E-state index contributed by atoms with van der Waals surface area (Å²) in [6, 6.07) is 4.95. The summed E-state index contributed by atoms with van der Waals surface area (Å²) in [6.07, 6.45) is 0.303. The summed E-state index contributed by atoms with van der Waals surface area (Å²) in [6.45, 7) is 10.7. The van der Waals surface area contributed by atoms with Gasteiger partial charge in [-0.15, -0.1) is 11.3 Å². The van der Waals surface area contributed by atoms with Crippen molar-refractivity contribution in [1.29, 1.82) is 0 Å². The summed E-state index contributed by atoms with van der Waals surface area (Å²) in [7, 11) is 0. The molecule has 3 rings (SSSR count). The van der Waals surface area contributed by atoms with E-state index in [0.29, 0.717) is 37.5 Å². The standard InChI is InChI=1S/C23H30N2O5S/c1-6-17(23(27)29-12-11-28-8-3)25-18-13-16(21-14(4)31-15(5)24-21)9-10-20(18)30-19(7-2)22(25)26/h9-10,13,17,19H,6-8,11-12H2,1-5H3. The predicted molar refractivity (Wildman–Crippen MR) is 121 cm³/mol. The molecule has 2 atom stereocenters. The molecule has 1 amide bonds. The van der Waals surface area contributed by atoms with E-state index in [-0.39, 0.29) is 12.5 Å². The summed E-state index contributed by atoms with van der Waals surface area (Å²) < 4.78 is 16.6. The van der Waals surface area contributed by atoms with E-state index >= 15 is 0 Å². The molecule has 168 valence electrons. The van der Waals surface area contributed by atoms with Gasteiger partial charge in [0.15, 0.2) is 6.10 Å². The Bertz CT molecular complexity index is 942. The number of fused-ring (bicyclic) bond motifs is 1. The Morgan fingerprint density at radius 3 is 2.65 bits per heavy atom. The molecule has 7 nitrogen and oxygen atoms in total. The van der Waals surface area contributed by atoms with E-state index in [0.717, 1.165) is 21.1 Å². The molecule has 8 heteroatoms. The van der Waals surface area contributed by atoms with Crippen LogP contribution in [0.3, 0.4) is 0 Å². The van der Waals surface area contributed by atoms with Crippen molar-refractivity contribution >= 4 is 28.9 Å². The van der Waals surface area contributed by atoms with Crippen LogP contribution in [0.25, 0.3) is 11.3 Å². The number of amides is 1. The highest BCUT2D eigenvalue weighted by atomic mass is 32.1. The van der Waals surface area contributed by atoms with E-state index in [9.17, 15) is 9.59 Å². The summed E-state index contributed by atoms with van der Waals surface area (Å²) >= 11 is 1.63. The molecule has 1 aliphatic heterocycles. The van der Waals surface area contributed by atoms with Crippen molar-refractivity contribution in [2.45, 2.75) is 59.6 Å². The number of hydrogen-bond acceptors (Lipinski definition) is 7. The largest absolute Gasteiger partial charge is 0.478 e. The first-order valence-corrected chi connectivity index (χ1v) is 11.5. The van der Waals surface area contributed by atoms with Crippen molar-refractivity contribution in [2.24, 2.45) is 0 Å². The first kappa shape index (κ1) is 23.2. The Kier molecular flexibility index (Phi) is 7.67. The Balaban J connectivity index is 1.98. The minimum absolute atomic E-state index is 0.156. The average molecular weight is 447 g/mol. The number of thiazole rings is 1. The van der Waals surface area contributed by atoms with Gasteiger partial charge in [0, 0.05) is 17.0 Å². The number of esters is 1. The number of aromatic nitrogens is 1. The second-order valence-electron chi connectivity index (χ2n) is 7.33. The molecule has 0 spiro atoms. The SMILES string of the molecule is CCOCCOC(=O)C(CC)N1C(=O)C(CC)Oc2ccc(-c3nc(C)sc3C)cc21. The summed E-state index contributed by atoms with van der Waals surface area (Å²) in [5.74, 6) is -0.0864. The minimum atomic E-state index is -0.737. The van der Waals surface area contributed by atoms with Crippen molar-refractivity contribution < 1.29 is 23.8 Å². The quantitative estimate of drug-likeness (QED) is 0.422. The molecule has 1 aromatic carbocycles. The molecule has 2 heterocycles. The number of benzene rings is 1. The molecular formula is C23H30N2O5S. The van der Waals surface area contributed by atoms with Gasteiger partial charge in [-0.05, 0) is 51.8 Å². The van der Waals surface area contributed by atoms with E-state index in [4.69, 9.17) is 14.2 Å². The third-order valence-electron chi connectivity index (χ3n) is 5.19. The van der Waals surface area contributed by atoms with Crippen molar-refractivity contribution in [2.75, 3.05) is 24.7 Å². The van der Waals surface area contributed by atoms with Crippen LogP contribution in [0.2, 0.25) is 0 Å². The maximum Gasteiger partial charge on any atom is 0.329 e. The Morgan fingerprint density at radius 1 is 1.26 bits per heavy atom. The summed E-state index contributed by atoms with van der Waals surface area (Å²) in [5.41, 5.74) is 2.34. The number of rotatable bonds is 9. The molecule has 31 heavy (non-hydrogen) atoms. The number of carbonyl (C=O) groups is 2. The fourth-order valence-electron chi connectivity index (χ4n) is 3.70. The van der Waals surface area contributed by atoms with Gasteiger partial charge in [0.2, 0.25) is 0 Å². The Labute approximate surface area is 187 Å². The third kappa shape index (κ3) is 4.91. The molecule has 2 aromatic rings. The fourth-order valence-corrected chi connectivity index (χ4v) is 4.54. The molecule has 2 unspecified atom stereocenters. The van der Waals surface area contributed by atoms with Gasteiger partial charge in [0.1, 0.15) is 18.4 Å². The van der Waals surface area contributed by atoms with Crippen LogP contribution in [-0.2, 0) is 19.1 Å². The first-order valence-electron chi connectivity index (χ1n) is 10.7. The van der Waals surface area contributed by atoms with Crippen LogP contribution in [0.15, 0.2) is 18.2 Å². The highest BCUT2D eigenvalue weighted by molar-refractivity contribution is 7.11. The molecule has 1 aliphatic rings. The molecule has 0 fully saturated rings. The zero-order chi connectivity index (χ0) is 22.5. The summed E-state index contributed by atoms with van der Waals surface area (Å²) in [5, 5.41) is 0.977. The molecule has 0 radical (unpaired) electrons. The Hall–Kier alpha value is -2.45. The van der Waals surface area contributed by atoms with E-state index in [1.54, 1.807) is 16.2 Å². The minimum Gasteiger partial charge on any atom is -0.478 e. The monoisotopic (exact) mass is 446 g/mol. The van der Waals surface area contributed by atoms with Crippen LogP contribution in [0.4, 0.5) is 5.69 Å². The molecule has 0 saturated carbocycles. The van der Waals surface area contributed by atoms with Crippen molar-refractivity contribution in [3.8, 4) is 17.0 Å². The number of carbonyl (C=O) groups excluding carboxylic acids is 2. The lowest BCUT2D eigenvalue weighted by Gasteiger charge is -2.38. The smallest absolute Gasteiger partial charge is 0.329 e. The highest BCUT2D eigenvalue weighted by Crippen LogP contribution is 2.40. The van der Waals surface area contributed by atoms with Gasteiger partial charge in [-0.2, -0.15) is 0 Å². The normalized spacial score (nSPS) is 16.6. The lowest BCUT2D eigenvalue weighted by Crippen LogP contribution is -2.53. The van der Waals surface area contributed by atoms with Gasteiger partial charge in [0.05, 0.1) is 23.0 Å². The number of anilines is 1. The third-order valence-corrected chi connectivity index (χ3v) is 6.08. The summed E-state index contributed by atoms with van der Waals surface area (Å²) in [4.78, 5) is 33.4. The van der Waals surface area contributed by atoms with Gasteiger partial charge >= 0.3 is 5.97 Å². The zero-order valence-electron chi connectivity index (χ0n) is 18.8. The number of hydrogen-bond donors (Lipinski definition) is 0. The Morgan fingerprint density at radius 2 is 2.03 bits per heavy atom. The van der Waals surface area contributed by atoms with Gasteiger partial charge in [-0.3, -0.25) is 9.69 Å². The van der Waals surface area contributed by atoms with Crippen molar-refractivity contribution in [3.05, 3.63) is 28.1 Å². The van der Waals surface area contributed by atoms with Crippen LogP contribution in [0.5, 0.6) is 5.75 Å². The van der Waals surface area contributed by atoms with E-state index in [2.05, 4.69) is 4.98 Å². The van der Waals surface area contributed by atoms with Crippen LogP contribution in [0, 0.1) is 13.8 Å². The predicted octanol–water partition coefficient (Wildman–Crippen LogP) is 4.29. The van der Waals surface area contributed by atoms with E-state index in [1.165, 1.54) is 0 Å². The first-order chi connectivity index (χ1) is 14.9. The molecule has 0 N–H and O–H groups in total. The van der Waals surface area contributed by atoms with E-state index in [1.807, 2.05) is 52.8 Å². The van der Waals surface area contributed by atoms with Crippen LogP contribution in [0.1, 0.15) is 43.5 Å². The molecule has 0 saturated heterocycles. The topological polar surface area (TPSA) is 78.0 Å². The maximum atomic E-state index is 13.3. The molecule has 1 aromatic heterocycles. The zero-order valence-corrected chi connectivity index (χ0v) is 19.6. The lowest BCUT2D eigenvalue weighted by molar-refractivity contribution is -0.148. The highest BCUT2D eigenvalue weighted by Gasteiger charge is 2.40. The van der Waals surface area contributed by atoms with Gasteiger partial charge in [0.25, 0.3) is 5.91 Å². The van der Waals surface area contributed by atoms with Crippen molar-refractivity contribution in [1.82, 2.24) is 4.98 Å². The lowest BCUT2D eigenvalue weighted by atomic mass is 10.0. The van der Waals surface area contributed by atoms with Crippen LogP contribution < -0.4 is 9.64 Å².